The maximum absolute atomic E-state index is 11.3. The molecule has 0 saturated heterocycles. The van der Waals surface area contributed by atoms with Crippen LogP contribution >= 0.6 is 0 Å². The number of aliphatic carboxylic acids is 1. The smallest absolute Gasteiger partial charge is 0.303 e. The van der Waals surface area contributed by atoms with Crippen molar-refractivity contribution in [2.75, 3.05) is 0 Å². The highest BCUT2D eigenvalue weighted by Crippen LogP contribution is 2.29. The van der Waals surface area contributed by atoms with E-state index < -0.39 is 16.1 Å². The van der Waals surface area contributed by atoms with E-state index in [-0.39, 0.29) is 11.3 Å². The van der Waals surface area contributed by atoms with E-state index in [1.54, 1.807) is 0 Å². The molecule has 0 bridgehead atoms. The third kappa shape index (κ3) is 12.3. The summed E-state index contributed by atoms with van der Waals surface area (Å²) >= 11 is 0. The fourth-order valence-corrected chi connectivity index (χ4v) is 4.41. The Hall–Kier alpha value is -1.40. The molecular formula is C24H40O5S. The Kier molecular flexibility index (Phi) is 13.7. The number of benzene rings is 1. The second-order valence-corrected chi connectivity index (χ2v) is 9.77. The molecule has 1 aromatic carbocycles. The summed E-state index contributed by atoms with van der Waals surface area (Å²) in [6.07, 6.45) is 16.2. The van der Waals surface area contributed by atoms with E-state index in [0.717, 1.165) is 50.5 Å². The Morgan fingerprint density at radius 1 is 0.800 bits per heavy atom. The van der Waals surface area contributed by atoms with E-state index in [0.29, 0.717) is 5.92 Å². The van der Waals surface area contributed by atoms with Crippen LogP contribution in [0.1, 0.15) is 115 Å². The number of unbranched alkanes of at least 4 members (excludes halogenated alkanes) is 10. The first-order chi connectivity index (χ1) is 14.3. The van der Waals surface area contributed by atoms with Gasteiger partial charge < -0.3 is 5.11 Å². The molecule has 0 aliphatic rings. The lowest BCUT2D eigenvalue weighted by Gasteiger charge is -2.18. The van der Waals surface area contributed by atoms with Crippen LogP contribution in [-0.4, -0.2) is 24.0 Å². The predicted octanol–water partition coefficient (Wildman–Crippen LogP) is 6.97. The molecular weight excluding hydrogens is 400 g/mol. The third-order valence-electron chi connectivity index (χ3n) is 5.75. The van der Waals surface area contributed by atoms with Crippen molar-refractivity contribution in [3.63, 3.8) is 0 Å². The zero-order chi connectivity index (χ0) is 22.2. The summed E-state index contributed by atoms with van der Waals surface area (Å²) in [6, 6.07) is 6.66. The van der Waals surface area contributed by atoms with Gasteiger partial charge in [-0.1, -0.05) is 89.7 Å². The van der Waals surface area contributed by atoms with E-state index >= 15 is 0 Å². The Balaban J connectivity index is 2.49. The number of carboxylic acids is 1. The number of hydrogen-bond donors (Lipinski definition) is 2. The monoisotopic (exact) mass is 440 g/mol. The van der Waals surface area contributed by atoms with Crippen LogP contribution in [0.5, 0.6) is 0 Å². The number of hydrogen-bond acceptors (Lipinski definition) is 3. The van der Waals surface area contributed by atoms with Gasteiger partial charge >= 0.3 is 5.97 Å². The van der Waals surface area contributed by atoms with Crippen LogP contribution in [0.2, 0.25) is 0 Å². The zero-order valence-electron chi connectivity index (χ0n) is 18.5. The number of carboxylic acid groups (broad SMARTS) is 1. The summed E-state index contributed by atoms with van der Waals surface area (Å²) < 4.78 is 31.8. The fourth-order valence-electron chi connectivity index (χ4n) is 3.93. The van der Waals surface area contributed by atoms with Gasteiger partial charge in [-0.15, -0.1) is 0 Å². The molecule has 1 atom stereocenters. The van der Waals surface area contributed by atoms with Gasteiger partial charge in [0.05, 0.1) is 4.90 Å². The minimum Gasteiger partial charge on any atom is -0.481 e. The summed E-state index contributed by atoms with van der Waals surface area (Å²) in [6.45, 7) is 2.23. The van der Waals surface area contributed by atoms with Gasteiger partial charge in [-0.2, -0.15) is 8.42 Å². The molecule has 0 amide bonds. The quantitative estimate of drug-likeness (QED) is 0.190. The maximum Gasteiger partial charge on any atom is 0.303 e. The standard InChI is InChI=1S/C24H40O5S/c1-2-3-4-5-6-8-11-14-21(15-12-9-7-10-13-16-24(25)26)22-17-19-23(20-18-22)30(27,28)29/h17-21H,2-16H2,1H3,(H,25,26)(H,27,28,29). The lowest BCUT2D eigenvalue weighted by molar-refractivity contribution is -0.137. The minimum atomic E-state index is -4.16. The van der Waals surface area contributed by atoms with Gasteiger partial charge in [-0.05, 0) is 42.9 Å². The summed E-state index contributed by atoms with van der Waals surface area (Å²) in [5.41, 5.74) is 1.14. The highest BCUT2D eigenvalue weighted by Gasteiger charge is 2.14. The Labute approximate surface area is 183 Å². The molecule has 172 valence electrons. The summed E-state index contributed by atoms with van der Waals surface area (Å²) in [7, 11) is -4.16. The third-order valence-corrected chi connectivity index (χ3v) is 6.62. The van der Waals surface area contributed by atoms with Gasteiger partial charge in [-0.3, -0.25) is 9.35 Å². The first-order valence-corrected chi connectivity index (χ1v) is 13.1. The van der Waals surface area contributed by atoms with Crippen LogP contribution in [0.4, 0.5) is 0 Å². The van der Waals surface area contributed by atoms with E-state index in [9.17, 15) is 17.8 Å². The first-order valence-electron chi connectivity index (χ1n) is 11.6. The Bertz CT molecular complexity index is 682. The largest absolute Gasteiger partial charge is 0.481 e. The number of carbonyl (C=O) groups is 1. The molecule has 1 rings (SSSR count). The molecule has 0 radical (unpaired) electrons. The maximum atomic E-state index is 11.3. The highest BCUT2D eigenvalue weighted by molar-refractivity contribution is 7.85. The van der Waals surface area contributed by atoms with Gasteiger partial charge in [0.2, 0.25) is 0 Å². The molecule has 0 aliphatic carbocycles. The first kappa shape index (κ1) is 26.6. The summed E-state index contributed by atoms with van der Waals surface area (Å²) in [5, 5.41) is 8.69. The molecule has 0 saturated carbocycles. The predicted molar refractivity (Wildman–Crippen MR) is 122 cm³/mol. The van der Waals surface area contributed by atoms with Crippen molar-refractivity contribution in [2.45, 2.75) is 114 Å². The molecule has 0 heterocycles. The van der Waals surface area contributed by atoms with Crippen molar-refractivity contribution < 1.29 is 22.9 Å². The van der Waals surface area contributed by atoms with Crippen LogP contribution in [0.3, 0.4) is 0 Å². The highest BCUT2D eigenvalue weighted by atomic mass is 32.2. The van der Waals surface area contributed by atoms with Crippen molar-refractivity contribution in [3.8, 4) is 0 Å². The van der Waals surface area contributed by atoms with E-state index in [1.807, 2.05) is 12.1 Å². The average Bonchev–Trinajstić information content (AvgIpc) is 2.70. The van der Waals surface area contributed by atoms with Crippen molar-refractivity contribution in [1.29, 1.82) is 0 Å². The van der Waals surface area contributed by atoms with Crippen molar-refractivity contribution in [3.05, 3.63) is 29.8 Å². The van der Waals surface area contributed by atoms with Crippen LogP contribution in [-0.2, 0) is 14.9 Å². The molecule has 1 unspecified atom stereocenters. The number of rotatable bonds is 18. The second kappa shape index (κ2) is 15.4. The molecule has 2 N–H and O–H groups in total. The molecule has 0 aromatic heterocycles. The fraction of sp³-hybridized carbons (Fsp3) is 0.708. The van der Waals surface area contributed by atoms with Crippen LogP contribution in [0, 0.1) is 0 Å². The van der Waals surface area contributed by atoms with Crippen molar-refractivity contribution in [2.24, 2.45) is 0 Å². The molecule has 5 nitrogen and oxygen atoms in total. The van der Waals surface area contributed by atoms with E-state index in [1.165, 1.54) is 57.1 Å². The van der Waals surface area contributed by atoms with Gasteiger partial charge in [0, 0.05) is 6.42 Å². The van der Waals surface area contributed by atoms with Crippen LogP contribution in [0.15, 0.2) is 29.2 Å². The molecule has 0 aliphatic heterocycles. The second-order valence-electron chi connectivity index (χ2n) is 8.35. The normalized spacial score (nSPS) is 12.7. The molecule has 1 aromatic rings. The Morgan fingerprint density at radius 3 is 1.73 bits per heavy atom. The molecule has 30 heavy (non-hydrogen) atoms. The van der Waals surface area contributed by atoms with Gasteiger partial charge in [0.1, 0.15) is 0 Å². The minimum absolute atomic E-state index is 0.0562. The van der Waals surface area contributed by atoms with Crippen LogP contribution in [0.25, 0.3) is 0 Å². The molecule has 6 heteroatoms. The topological polar surface area (TPSA) is 91.7 Å². The van der Waals surface area contributed by atoms with Crippen molar-refractivity contribution in [1.82, 2.24) is 0 Å². The van der Waals surface area contributed by atoms with Gasteiger partial charge in [0.25, 0.3) is 10.1 Å². The Morgan fingerprint density at radius 2 is 1.27 bits per heavy atom. The summed E-state index contributed by atoms with van der Waals surface area (Å²) in [5.74, 6) is -0.326. The van der Waals surface area contributed by atoms with Crippen molar-refractivity contribution >= 4 is 16.1 Å². The zero-order valence-corrected chi connectivity index (χ0v) is 19.3. The van der Waals surface area contributed by atoms with Gasteiger partial charge in [0.15, 0.2) is 0 Å². The van der Waals surface area contributed by atoms with Gasteiger partial charge in [-0.25, -0.2) is 0 Å². The SMILES string of the molecule is CCCCCCCCCC(CCCCCCCC(=O)O)c1ccc(S(=O)(=O)O)cc1. The van der Waals surface area contributed by atoms with E-state index in [2.05, 4.69) is 6.92 Å². The van der Waals surface area contributed by atoms with Crippen LogP contribution < -0.4 is 0 Å². The lowest BCUT2D eigenvalue weighted by atomic mass is 9.88. The molecule has 0 fully saturated rings. The average molecular weight is 441 g/mol. The molecule has 0 spiro atoms. The van der Waals surface area contributed by atoms with E-state index in [4.69, 9.17) is 5.11 Å². The lowest BCUT2D eigenvalue weighted by Crippen LogP contribution is -2.02. The summed E-state index contributed by atoms with van der Waals surface area (Å²) in [4.78, 5) is 10.5.